The van der Waals surface area contributed by atoms with Crippen LogP contribution in [0.4, 0.5) is 5.69 Å². The fraction of sp³-hybridized carbons (Fsp3) is 0.273. The van der Waals surface area contributed by atoms with Gasteiger partial charge >= 0.3 is 0 Å². The van der Waals surface area contributed by atoms with E-state index in [0.29, 0.717) is 30.2 Å². The maximum Gasteiger partial charge on any atom is 0.270 e. The SMILES string of the molecule is O=C(N/C(=C/c1cccc2c1OCO2)C(=O)N1CCCCC1)c1ccc([N+](=O)[O-])cc1. The van der Waals surface area contributed by atoms with Gasteiger partial charge in [-0.15, -0.1) is 0 Å². The van der Waals surface area contributed by atoms with E-state index in [2.05, 4.69) is 5.32 Å². The molecular formula is C22H21N3O6. The first-order chi connectivity index (χ1) is 15.0. The van der Waals surface area contributed by atoms with Crippen molar-refractivity contribution >= 4 is 23.6 Å². The third-order valence-corrected chi connectivity index (χ3v) is 5.19. The van der Waals surface area contributed by atoms with Crippen LogP contribution in [0.1, 0.15) is 35.2 Å². The number of rotatable bonds is 5. The van der Waals surface area contributed by atoms with E-state index >= 15 is 0 Å². The molecule has 1 fully saturated rings. The van der Waals surface area contributed by atoms with E-state index in [1.54, 1.807) is 29.2 Å². The number of nitrogens with one attached hydrogen (secondary N) is 1. The van der Waals surface area contributed by atoms with Crippen LogP contribution in [-0.2, 0) is 4.79 Å². The van der Waals surface area contributed by atoms with Gasteiger partial charge in [-0.2, -0.15) is 0 Å². The van der Waals surface area contributed by atoms with E-state index in [1.165, 1.54) is 24.3 Å². The second kappa shape index (κ2) is 8.86. The van der Waals surface area contributed by atoms with Gasteiger partial charge in [0.1, 0.15) is 5.70 Å². The number of amides is 2. The van der Waals surface area contributed by atoms with Crippen molar-refractivity contribution in [2.75, 3.05) is 19.9 Å². The zero-order valence-corrected chi connectivity index (χ0v) is 16.7. The fourth-order valence-corrected chi connectivity index (χ4v) is 3.57. The predicted octanol–water partition coefficient (Wildman–Crippen LogP) is 3.11. The highest BCUT2D eigenvalue weighted by atomic mass is 16.7. The molecule has 0 atom stereocenters. The molecule has 4 rings (SSSR count). The molecule has 9 nitrogen and oxygen atoms in total. The number of para-hydroxylation sites is 1. The second-order valence-corrected chi connectivity index (χ2v) is 7.25. The normalized spacial score (nSPS) is 15.5. The third-order valence-electron chi connectivity index (χ3n) is 5.19. The number of nitrogens with zero attached hydrogens (tertiary/aromatic N) is 2. The molecule has 0 radical (unpaired) electrons. The van der Waals surface area contributed by atoms with Gasteiger partial charge in [-0.3, -0.25) is 19.7 Å². The molecule has 0 spiro atoms. The number of carbonyl (C=O) groups excluding carboxylic acids is 2. The predicted molar refractivity (Wildman–Crippen MR) is 112 cm³/mol. The van der Waals surface area contributed by atoms with Crippen LogP contribution in [0, 0.1) is 10.1 Å². The van der Waals surface area contributed by atoms with Crippen LogP contribution < -0.4 is 14.8 Å². The first-order valence-electron chi connectivity index (χ1n) is 9.98. The molecule has 31 heavy (non-hydrogen) atoms. The summed E-state index contributed by atoms with van der Waals surface area (Å²) in [6.07, 6.45) is 4.46. The molecule has 0 saturated carbocycles. The van der Waals surface area contributed by atoms with E-state index in [-0.39, 0.29) is 29.6 Å². The Hall–Kier alpha value is -3.88. The van der Waals surface area contributed by atoms with Crippen molar-refractivity contribution in [1.82, 2.24) is 10.2 Å². The number of hydrogen-bond donors (Lipinski definition) is 1. The van der Waals surface area contributed by atoms with Gasteiger partial charge in [0.05, 0.1) is 4.92 Å². The van der Waals surface area contributed by atoms with Gasteiger partial charge in [0.25, 0.3) is 17.5 Å². The van der Waals surface area contributed by atoms with Crippen molar-refractivity contribution < 1.29 is 24.0 Å². The highest BCUT2D eigenvalue weighted by Crippen LogP contribution is 2.36. The lowest BCUT2D eigenvalue weighted by molar-refractivity contribution is -0.384. The number of nitro benzene ring substituents is 1. The lowest BCUT2D eigenvalue weighted by atomic mass is 10.1. The van der Waals surface area contributed by atoms with E-state index in [1.807, 2.05) is 0 Å². The van der Waals surface area contributed by atoms with Gasteiger partial charge < -0.3 is 19.7 Å². The maximum absolute atomic E-state index is 13.2. The van der Waals surface area contributed by atoms with Crippen molar-refractivity contribution in [3.8, 4) is 11.5 Å². The molecule has 2 heterocycles. The summed E-state index contributed by atoms with van der Waals surface area (Å²) in [4.78, 5) is 38.0. The van der Waals surface area contributed by atoms with Gasteiger partial charge in [0.15, 0.2) is 11.5 Å². The molecule has 2 aromatic carbocycles. The molecule has 2 aliphatic heterocycles. The minimum atomic E-state index is -0.537. The second-order valence-electron chi connectivity index (χ2n) is 7.25. The van der Waals surface area contributed by atoms with Crippen molar-refractivity contribution in [1.29, 1.82) is 0 Å². The van der Waals surface area contributed by atoms with Crippen LogP contribution in [0.15, 0.2) is 48.2 Å². The third kappa shape index (κ3) is 4.50. The standard InChI is InChI=1S/C22H21N3O6/c26-21(15-7-9-17(10-8-15)25(28)29)23-18(22(27)24-11-2-1-3-12-24)13-16-5-4-6-19-20(16)31-14-30-19/h4-10,13H,1-3,11-12,14H2,(H,23,26)/b18-13+. The molecule has 160 valence electrons. The number of non-ortho nitro benzene ring substituents is 1. The first kappa shape index (κ1) is 20.4. The van der Waals surface area contributed by atoms with E-state index in [4.69, 9.17) is 9.47 Å². The number of fused-ring (bicyclic) bond motifs is 1. The number of ether oxygens (including phenoxy) is 2. The topological polar surface area (TPSA) is 111 Å². The van der Waals surface area contributed by atoms with Crippen LogP contribution in [0.3, 0.4) is 0 Å². The molecule has 1 N–H and O–H groups in total. The largest absolute Gasteiger partial charge is 0.454 e. The minimum absolute atomic E-state index is 0.0880. The van der Waals surface area contributed by atoms with Crippen LogP contribution in [-0.4, -0.2) is 41.5 Å². The summed E-state index contributed by atoms with van der Waals surface area (Å²) in [6, 6.07) is 10.5. The fourth-order valence-electron chi connectivity index (χ4n) is 3.57. The lowest BCUT2D eigenvalue weighted by Crippen LogP contribution is -2.41. The van der Waals surface area contributed by atoms with Gasteiger partial charge in [-0.1, -0.05) is 12.1 Å². The van der Waals surface area contributed by atoms with Crippen LogP contribution >= 0.6 is 0 Å². The van der Waals surface area contributed by atoms with E-state index in [0.717, 1.165) is 19.3 Å². The minimum Gasteiger partial charge on any atom is -0.454 e. The Kier molecular flexibility index (Phi) is 5.83. The molecule has 2 aromatic rings. The quantitative estimate of drug-likeness (QED) is 0.449. The first-order valence-corrected chi connectivity index (χ1v) is 9.98. The van der Waals surface area contributed by atoms with Gasteiger partial charge in [0.2, 0.25) is 6.79 Å². The Morgan fingerprint density at radius 2 is 1.77 bits per heavy atom. The van der Waals surface area contributed by atoms with Gasteiger partial charge in [-0.05, 0) is 43.5 Å². The van der Waals surface area contributed by atoms with E-state index < -0.39 is 10.8 Å². The van der Waals surface area contributed by atoms with Crippen LogP contribution in [0.5, 0.6) is 11.5 Å². The number of benzene rings is 2. The molecule has 0 unspecified atom stereocenters. The zero-order chi connectivity index (χ0) is 21.8. The maximum atomic E-state index is 13.2. The summed E-state index contributed by atoms with van der Waals surface area (Å²) in [5, 5.41) is 13.5. The Labute approximate surface area is 178 Å². The highest BCUT2D eigenvalue weighted by molar-refractivity contribution is 6.05. The summed E-state index contributed by atoms with van der Waals surface area (Å²) in [7, 11) is 0. The number of nitro groups is 1. The summed E-state index contributed by atoms with van der Waals surface area (Å²) in [6.45, 7) is 1.33. The van der Waals surface area contributed by atoms with E-state index in [9.17, 15) is 19.7 Å². The zero-order valence-electron chi connectivity index (χ0n) is 16.7. The van der Waals surface area contributed by atoms with Crippen LogP contribution in [0.25, 0.3) is 6.08 Å². The molecule has 0 aliphatic carbocycles. The van der Waals surface area contributed by atoms with Crippen molar-refractivity contribution in [3.05, 3.63) is 69.4 Å². The monoisotopic (exact) mass is 423 g/mol. The molecule has 2 aliphatic rings. The molecule has 0 bridgehead atoms. The summed E-state index contributed by atoms with van der Waals surface area (Å²) in [5.41, 5.74) is 0.808. The van der Waals surface area contributed by atoms with Crippen molar-refractivity contribution in [3.63, 3.8) is 0 Å². The Bertz CT molecular complexity index is 1040. The molecule has 2 amide bonds. The number of piperidine rings is 1. The number of likely N-dealkylation sites (tertiary alicyclic amines) is 1. The van der Waals surface area contributed by atoms with Crippen molar-refractivity contribution in [2.24, 2.45) is 0 Å². The smallest absolute Gasteiger partial charge is 0.270 e. The summed E-state index contributed by atoms with van der Waals surface area (Å²) < 4.78 is 10.9. The Morgan fingerprint density at radius 3 is 2.48 bits per heavy atom. The average Bonchev–Trinajstić information content (AvgIpc) is 3.28. The molecule has 1 saturated heterocycles. The molecule has 9 heteroatoms. The van der Waals surface area contributed by atoms with Crippen LogP contribution in [0.2, 0.25) is 0 Å². The summed E-state index contributed by atoms with van der Waals surface area (Å²) in [5.74, 6) is 0.263. The van der Waals surface area contributed by atoms with Gasteiger partial charge in [0, 0.05) is 36.3 Å². The molecule has 0 aromatic heterocycles. The van der Waals surface area contributed by atoms with Crippen molar-refractivity contribution in [2.45, 2.75) is 19.3 Å². The lowest BCUT2D eigenvalue weighted by Gasteiger charge is -2.27. The number of carbonyl (C=O) groups is 2. The number of hydrogen-bond acceptors (Lipinski definition) is 6. The Balaban J connectivity index is 1.63. The van der Waals surface area contributed by atoms with Gasteiger partial charge in [-0.25, -0.2) is 0 Å². The average molecular weight is 423 g/mol. The Morgan fingerprint density at radius 1 is 1.03 bits per heavy atom. The highest BCUT2D eigenvalue weighted by Gasteiger charge is 2.24. The summed E-state index contributed by atoms with van der Waals surface area (Å²) >= 11 is 0. The molecular weight excluding hydrogens is 402 g/mol.